The molecule has 0 unspecified atom stereocenters. The monoisotopic (exact) mass is 289 g/mol. The Morgan fingerprint density at radius 1 is 1.14 bits per heavy atom. The Labute approximate surface area is 123 Å². The van der Waals surface area contributed by atoms with Crippen molar-refractivity contribution in [2.45, 2.75) is 20.4 Å². The summed E-state index contributed by atoms with van der Waals surface area (Å²) in [6.45, 7) is 6.17. The molecule has 0 aromatic carbocycles. The predicted octanol–water partition coefficient (Wildman–Crippen LogP) is 0.405. The fraction of sp³-hybridized carbons (Fsp3) is 0.417. The molecule has 0 fully saturated rings. The Balaban J connectivity index is 2.16. The van der Waals surface area contributed by atoms with Gasteiger partial charge < -0.3 is 10.2 Å². The zero-order chi connectivity index (χ0) is 15.1. The third kappa shape index (κ3) is 3.96. The van der Waals surface area contributed by atoms with Gasteiger partial charge in [0.15, 0.2) is 0 Å². The molecule has 0 amide bonds. The van der Waals surface area contributed by atoms with Crippen molar-refractivity contribution in [1.82, 2.24) is 24.9 Å². The quantitative estimate of drug-likeness (QED) is 0.491. The van der Waals surface area contributed by atoms with Crippen LogP contribution in [0.4, 0.5) is 17.8 Å². The minimum absolute atomic E-state index is 0.317. The lowest BCUT2D eigenvalue weighted by atomic mass is 10.4. The first-order valence-corrected chi connectivity index (χ1v) is 6.73. The topological polar surface area (TPSA) is 118 Å². The van der Waals surface area contributed by atoms with Gasteiger partial charge in [-0.3, -0.25) is 5.43 Å². The number of hydrazine groups is 1. The van der Waals surface area contributed by atoms with Crippen molar-refractivity contribution in [3.05, 3.63) is 24.3 Å². The smallest absolute Gasteiger partial charge is 0.243 e. The van der Waals surface area contributed by atoms with Crippen LogP contribution in [-0.2, 0) is 6.54 Å². The van der Waals surface area contributed by atoms with E-state index in [1.54, 1.807) is 6.20 Å². The average Bonchev–Trinajstić information content (AvgIpc) is 2.55. The molecule has 0 atom stereocenters. The van der Waals surface area contributed by atoms with E-state index in [0.717, 1.165) is 18.8 Å². The van der Waals surface area contributed by atoms with Gasteiger partial charge in [-0.05, 0) is 19.9 Å². The number of rotatable bonds is 7. The second-order valence-electron chi connectivity index (χ2n) is 4.15. The van der Waals surface area contributed by atoms with Crippen LogP contribution >= 0.6 is 0 Å². The first kappa shape index (κ1) is 14.9. The lowest BCUT2D eigenvalue weighted by molar-refractivity contribution is 0.811. The second-order valence-corrected chi connectivity index (χ2v) is 4.15. The van der Waals surface area contributed by atoms with Gasteiger partial charge in [0.1, 0.15) is 6.33 Å². The van der Waals surface area contributed by atoms with E-state index in [9.17, 15) is 0 Å². The third-order valence-corrected chi connectivity index (χ3v) is 2.87. The van der Waals surface area contributed by atoms with Crippen LogP contribution in [0.1, 0.15) is 19.5 Å². The van der Waals surface area contributed by atoms with Gasteiger partial charge >= 0.3 is 0 Å². The molecule has 0 bridgehead atoms. The second kappa shape index (κ2) is 7.29. The number of hydrogen-bond acceptors (Lipinski definition) is 9. The van der Waals surface area contributed by atoms with Crippen LogP contribution in [0.3, 0.4) is 0 Å². The van der Waals surface area contributed by atoms with E-state index < -0.39 is 0 Å². The lowest BCUT2D eigenvalue weighted by Gasteiger charge is -2.19. The van der Waals surface area contributed by atoms with E-state index >= 15 is 0 Å². The van der Waals surface area contributed by atoms with Gasteiger partial charge in [0.2, 0.25) is 17.8 Å². The molecule has 2 heterocycles. The van der Waals surface area contributed by atoms with E-state index in [4.69, 9.17) is 5.84 Å². The molecule has 112 valence electrons. The Hall–Kier alpha value is -2.55. The van der Waals surface area contributed by atoms with E-state index in [1.807, 2.05) is 24.8 Å². The number of nitrogen functional groups attached to an aromatic ring is 1. The van der Waals surface area contributed by atoms with Crippen molar-refractivity contribution in [2.75, 3.05) is 28.7 Å². The van der Waals surface area contributed by atoms with Crippen LogP contribution in [0.2, 0.25) is 0 Å². The molecule has 9 heteroatoms. The van der Waals surface area contributed by atoms with Gasteiger partial charge in [0.25, 0.3) is 0 Å². The summed E-state index contributed by atoms with van der Waals surface area (Å²) in [6, 6.07) is 1.82. The molecule has 2 rings (SSSR count). The fourth-order valence-corrected chi connectivity index (χ4v) is 1.75. The van der Waals surface area contributed by atoms with E-state index in [1.165, 1.54) is 6.33 Å². The highest BCUT2D eigenvalue weighted by Gasteiger charge is 2.10. The van der Waals surface area contributed by atoms with Gasteiger partial charge in [-0.1, -0.05) is 0 Å². The van der Waals surface area contributed by atoms with Crippen molar-refractivity contribution in [3.63, 3.8) is 0 Å². The molecule has 0 spiro atoms. The molecule has 0 saturated heterocycles. The normalized spacial score (nSPS) is 10.2. The van der Waals surface area contributed by atoms with E-state index in [-0.39, 0.29) is 0 Å². The van der Waals surface area contributed by atoms with Crippen LogP contribution in [0.15, 0.2) is 18.6 Å². The highest BCUT2D eigenvalue weighted by atomic mass is 15.4. The number of hydrogen-bond donors (Lipinski definition) is 3. The fourth-order valence-electron chi connectivity index (χ4n) is 1.75. The van der Waals surface area contributed by atoms with E-state index in [2.05, 4.69) is 35.7 Å². The maximum atomic E-state index is 5.41. The van der Waals surface area contributed by atoms with Crippen molar-refractivity contribution >= 4 is 17.8 Å². The number of nitrogens with zero attached hydrogens (tertiary/aromatic N) is 6. The van der Waals surface area contributed by atoms with Crippen molar-refractivity contribution in [1.29, 1.82) is 0 Å². The summed E-state index contributed by atoms with van der Waals surface area (Å²) in [5, 5.41) is 3.10. The Kier molecular flexibility index (Phi) is 5.16. The van der Waals surface area contributed by atoms with Crippen LogP contribution in [0.25, 0.3) is 0 Å². The van der Waals surface area contributed by atoms with Crippen molar-refractivity contribution in [2.24, 2.45) is 5.84 Å². The summed E-state index contributed by atoms with van der Waals surface area (Å²) in [5.74, 6) is 6.74. The van der Waals surface area contributed by atoms with Crippen LogP contribution in [-0.4, -0.2) is 38.0 Å². The zero-order valence-electron chi connectivity index (χ0n) is 12.1. The maximum Gasteiger partial charge on any atom is 0.243 e. The molecule has 0 aliphatic rings. The van der Waals surface area contributed by atoms with Gasteiger partial charge in [-0.15, -0.1) is 0 Å². The Bertz CT molecular complexity index is 556. The summed E-state index contributed by atoms with van der Waals surface area (Å²) in [4.78, 5) is 22.8. The Morgan fingerprint density at radius 3 is 2.52 bits per heavy atom. The number of nitrogens with two attached hydrogens (primary N) is 1. The lowest BCUT2D eigenvalue weighted by Crippen LogP contribution is -2.26. The summed E-state index contributed by atoms with van der Waals surface area (Å²) >= 11 is 0. The molecular formula is C12H19N9. The van der Waals surface area contributed by atoms with E-state index in [0.29, 0.717) is 24.4 Å². The molecule has 0 aliphatic carbocycles. The van der Waals surface area contributed by atoms with Crippen molar-refractivity contribution in [3.8, 4) is 0 Å². The highest BCUT2D eigenvalue weighted by Crippen LogP contribution is 2.13. The molecule has 2 aromatic heterocycles. The minimum Gasteiger partial charge on any atom is -0.348 e. The molecular weight excluding hydrogens is 270 g/mol. The number of nitrogens with one attached hydrogen (secondary N) is 2. The molecule has 0 radical (unpaired) electrons. The molecule has 21 heavy (non-hydrogen) atoms. The number of aromatic nitrogens is 5. The Morgan fingerprint density at radius 2 is 1.90 bits per heavy atom. The summed E-state index contributed by atoms with van der Waals surface area (Å²) in [7, 11) is 0. The van der Waals surface area contributed by atoms with Gasteiger partial charge in [-0.2, -0.15) is 15.0 Å². The first-order valence-electron chi connectivity index (χ1n) is 6.73. The average molecular weight is 289 g/mol. The molecule has 4 N–H and O–H groups in total. The van der Waals surface area contributed by atoms with Gasteiger partial charge in [0, 0.05) is 19.3 Å². The summed E-state index contributed by atoms with van der Waals surface area (Å²) in [5.41, 5.74) is 3.30. The standard InChI is InChI=1S/C12H19N9/c1-3-21(4-2)12-18-10(17-11(19-12)20-13)15-7-9-5-6-14-8-16-9/h5-6,8H,3-4,7,13H2,1-2H3,(H2,15,17,18,19,20). The summed E-state index contributed by atoms with van der Waals surface area (Å²) in [6.07, 6.45) is 3.18. The molecule has 2 aromatic rings. The molecule has 0 aliphatic heterocycles. The molecule has 9 nitrogen and oxygen atoms in total. The van der Waals surface area contributed by atoms with Crippen LogP contribution in [0, 0.1) is 0 Å². The van der Waals surface area contributed by atoms with Crippen molar-refractivity contribution < 1.29 is 0 Å². The number of anilines is 3. The van der Waals surface area contributed by atoms with Crippen LogP contribution < -0.4 is 21.5 Å². The maximum absolute atomic E-state index is 5.41. The van der Waals surface area contributed by atoms with Gasteiger partial charge in [0.05, 0.1) is 12.2 Å². The predicted molar refractivity (Wildman–Crippen MR) is 80.6 cm³/mol. The SMILES string of the molecule is CCN(CC)c1nc(NN)nc(NCc2ccncn2)n1. The minimum atomic E-state index is 0.317. The third-order valence-electron chi connectivity index (χ3n) is 2.87. The van der Waals surface area contributed by atoms with Crippen LogP contribution in [0.5, 0.6) is 0 Å². The largest absolute Gasteiger partial charge is 0.348 e. The highest BCUT2D eigenvalue weighted by molar-refractivity contribution is 5.43. The summed E-state index contributed by atoms with van der Waals surface area (Å²) < 4.78 is 0. The zero-order valence-corrected chi connectivity index (χ0v) is 12.1. The first-order chi connectivity index (χ1) is 10.3. The molecule has 0 saturated carbocycles. The van der Waals surface area contributed by atoms with Gasteiger partial charge in [-0.25, -0.2) is 15.8 Å².